The van der Waals surface area contributed by atoms with Crippen molar-refractivity contribution in [2.45, 2.75) is 50.3 Å². The van der Waals surface area contributed by atoms with Gasteiger partial charge >= 0.3 is 0 Å². The second-order valence-electron chi connectivity index (χ2n) is 8.32. The summed E-state index contributed by atoms with van der Waals surface area (Å²) in [5.41, 5.74) is 1.58. The summed E-state index contributed by atoms with van der Waals surface area (Å²) < 4.78 is 11.3. The minimum Gasteiger partial charge on any atom is -0.497 e. The van der Waals surface area contributed by atoms with E-state index >= 15 is 0 Å². The van der Waals surface area contributed by atoms with Crippen LogP contribution in [0.5, 0.6) is 11.5 Å². The molecule has 2 aromatic carbocycles. The van der Waals surface area contributed by atoms with Crippen LogP contribution < -0.4 is 9.47 Å². The van der Waals surface area contributed by atoms with E-state index in [4.69, 9.17) is 21.1 Å². The van der Waals surface area contributed by atoms with Gasteiger partial charge in [-0.2, -0.15) is 0 Å². The molecule has 29 heavy (non-hydrogen) atoms. The monoisotopic (exact) mass is 415 g/mol. The molecule has 0 bridgehead atoms. The molecule has 1 aliphatic carbocycles. The van der Waals surface area contributed by atoms with Crippen LogP contribution in [0.4, 0.5) is 0 Å². The molecule has 5 heteroatoms. The van der Waals surface area contributed by atoms with E-state index in [1.54, 1.807) is 14.2 Å². The lowest BCUT2D eigenvalue weighted by atomic mass is 9.66. The first kappa shape index (κ1) is 20.5. The Morgan fingerprint density at radius 2 is 1.93 bits per heavy atom. The average Bonchev–Trinajstić information content (AvgIpc) is 2.74. The summed E-state index contributed by atoms with van der Waals surface area (Å²) in [4.78, 5) is 2.46. The normalized spacial score (nSPS) is 27.3. The number of halogens is 1. The molecule has 0 radical (unpaired) electrons. The molecule has 2 fully saturated rings. The van der Waals surface area contributed by atoms with Gasteiger partial charge < -0.3 is 14.6 Å². The van der Waals surface area contributed by atoms with Crippen molar-refractivity contribution in [2.75, 3.05) is 20.8 Å². The van der Waals surface area contributed by atoms with Gasteiger partial charge in [0.05, 0.1) is 19.8 Å². The molecule has 0 aromatic heterocycles. The third kappa shape index (κ3) is 3.98. The van der Waals surface area contributed by atoms with Crippen molar-refractivity contribution in [3.63, 3.8) is 0 Å². The molecule has 2 aromatic rings. The SMILES string of the molecule is COc1ccc(OC)c(C2C3CCCCC3(O)CCN2Cc2ccccc2Cl)c1. The molecule has 1 saturated carbocycles. The third-order valence-corrected chi connectivity index (χ3v) is 7.13. The van der Waals surface area contributed by atoms with E-state index in [-0.39, 0.29) is 12.0 Å². The largest absolute Gasteiger partial charge is 0.497 e. The highest BCUT2D eigenvalue weighted by molar-refractivity contribution is 6.31. The van der Waals surface area contributed by atoms with Crippen molar-refractivity contribution in [2.24, 2.45) is 5.92 Å². The number of hydrogen-bond donors (Lipinski definition) is 1. The highest BCUT2D eigenvalue weighted by Crippen LogP contribution is 2.51. The Labute approximate surface area is 178 Å². The first-order valence-electron chi connectivity index (χ1n) is 10.5. The van der Waals surface area contributed by atoms with E-state index in [2.05, 4.69) is 17.0 Å². The second-order valence-corrected chi connectivity index (χ2v) is 8.73. The second kappa shape index (κ2) is 8.55. The Morgan fingerprint density at radius 1 is 1.10 bits per heavy atom. The van der Waals surface area contributed by atoms with E-state index in [9.17, 15) is 5.11 Å². The van der Waals surface area contributed by atoms with Crippen molar-refractivity contribution in [1.29, 1.82) is 0 Å². The van der Waals surface area contributed by atoms with E-state index < -0.39 is 5.60 Å². The number of nitrogens with zero attached hydrogens (tertiary/aromatic N) is 1. The molecular formula is C24H30ClNO3. The van der Waals surface area contributed by atoms with Gasteiger partial charge in [-0.1, -0.05) is 42.6 Å². The molecule has 3 atom stereocenters. The molecule has 1 heterocycles. The maximum Gasteiger partial charge on any atom is 0.123 e. The highest BCUT2D eigenvalue weighted by atomic mass is 35.5. The van der Waals surface area contributed by atoms with Crippen LogP contribution in [0.1, 0.15) is 49.3 Å². The third-order valence-electron chi connectivity index (χ3n) is 6.76. The minimum absolute atomic E-state index is 0.0513. The van der Waals surface area contributed by atoms with E-state index in [0.717, 1.165) is 72.8 Å². The fourth-order valence-corrected chi connectivity index (χ4v) is 5.44. The van der Waals surface area contributed by atoms with Gasteiger partial charge in [0.25, 0.3) is 0 Å². The quantitative estimate of drug-likeness (QED) is 0.726. The number of benzene rings is 2. The summed E-state index contributed by atoms with van der Waals surface area (Å²) in [6.07, 6.45) is 4.93. The molecule has 1 N–H and O–H groups in total. The number of hydrogen-bond acceptors (Lipinski definition) is 4. The number of fused-ring (bicyclic) bond motifs is 1. The fraction of sp³-hybridized carbons (Fsp3) is 0.500. The van der Waals surface area contributed by atoms with Gasteiger partial charge in [0.2, 0.25) is 0 Å². The van der Waals surface area contributed by atoms with Crippen molar-refractivity contribution in [1.82, 2.24) is 4.90 Å². The summed E-state index contributed by atoms with van der Waals surface area (Å²) in [6, 6.07) is 14.0. The van der Waals surface area contributed by atoms with Crippen LogP contribution in [0.3, 0.4) is 0 Å². The van der Waals surface area contributed by atoms with Gasteiger partial charge in [-0.15, -0.1) is 0 Å². The molecule has 0 spiro atoms. The molecule has 4 rings (SSSR count). The fourth-order valence-electron chi connectivity index (χ4n) is 5.25. The highest BCUT2D eigenvalue weighted by Gasteiger charge is 2.49. The molecule has 2 aliphatic rings. The zero-order valence-corrected chi connectivity index (χ0v) is 18.0. The van der Waals surface area contributed by atoms with Crippen LogP contribution in [0.15, 0.2) is 42.5 Å². The maximum absolute atomic E-state index is 11.5. The standard InChI is InChI=1S/C24H30ClNO3/c1-28-18-10-11-22(29-2)19(15-18)23-20-8-5-6-12-24(20,27)13-14-26(23)16-17-7-3-4-9-21(17)25/h3-4,7,9-11,15,20,23,27H,5-6,8,12-14,16H2,1-2H3. The van der Waals surface area contributed by atoms with Crippen molar-refractivity contribution < 1.29 is 14.6 Å². The topological polar surface area (TPSA) is 41.9 Å². The molecule has 1 aliphatic heterocycles. The number of piperidine rings is 1. The Balaban J connectivity index is 1.78. The van der Waals surface area contributed by atoms with E-state index in [0.29, 0.717) is 0 Å². The Morgan fingerprint density at radius 3 is 2.69 bits per heavy atom. The van der Waals surface area contributed by atoms with Gasteiger partial charge in [-0.3, -0.25) is 4.90 Å². The first-order chi connectivity index (χ1) is 14.1. The van der Waals surface area contributed by atoms with Crippen molar-refractivity contribution in [3.05, 3.63) is 58.6 Å². The first-order valence-corrected chi connectivity index (χ1v) is 10.9. The Hall–Kier alpha value is -1.75. The summed E-state index contributed by atoms with van der Waals surface area (Å²) in [6.45, 7) is 1.57. The van der Waals surface area contributed by atoms with Gasteiger partial charge in [0, 0.05) is 35.6 Å². The van der Waals surface area contributed by atoms with Crippen molar-refractivity contribution in [3.8, 4) is 11.5 Å². The number of ether oxygens (including phenoxy) is 2. The number of rotatable bonds is 5. The number of likely N-dealkylation sites (tertiary alicyclic amines) is 1. The zero-order chi connectivity index (χ0) is 20.4. The van der Waals surface area contributed by atoms with Crippen LogP contribution >= 0.6 is 11.6 Å². The van der Waals surface area contributed by atoms with Crippen LogP contribution in [0.25, 0.3) is 0 Å². The lowest BCUT2D eigenvalue weighted by Crippen LogP contribution is -2.54. The van der Waals surface area contributed by atoms with Gasteiger partial charge in [0.15, 0.2) is 0 Å². The lowest BCUT2D eigenvalue weighted by Gasteiger charge is -2.53. The number of methoxy groups -OCH3 is 2. The molecular weight excluding hydrogens is 386 g/mol. The maximum atomic E-state index is 11.5. The zero-order valence-electron chi connectivity index (χ0n) is 17.2. The van der Waals surface area contributed by atoms with E-state index in [1.807, 2.05) is 30.3 Å². The summed E-state index contributed by atoms with van der Waals surface area (Å²) in [5.74, 6) is 1.81. The van der Waals surface area contributed by atoms with Gasteiger partial charge in [-0.25, -0.2) is 0 Å². The average molecular weight is 416 g/mol. The summed E-state index contributed by atoms with van der Waals surface area (Å²) in [5, 5.41) is 12.3. The predicted octanol–water partition coefficient (Wildman–Crippen LogP) is 5.23. The smallest absolute Gasteiger partial charge is 0.123 e. The molecule has 4 nitrogen and oxygen atoms in total. The molecule has 1 saturated heterocycles. The molecule has 156 valence electrons. The van der Waals surface area contributed by atoms with Crippen LogP contribution in [-0.2, 0) is 6.54 Å². The van der Waals surface area contributed by atoms with Crippen LogP contribution in [0, 0.1) is 5.92 Å². The lowest BCUT2D eigenvalue weighted by molar-refractivity contribution is -0.126. The summed E-state index contributed by atoms with van der Waals surface area (Å²) in [7, 11) is 3.39. The Kier molecular flexibility index (Phi) is 6.05. The number of aliphatic hydroxyl groups is 1. The van der Waals surface area contributed by atoms with Gasteiger partial charge in [-0.05, 0) is 49.1 Å². The minimum atomic E-state index is -0.617. The van der Waals surface area contributed by atoms with Crippen molar-refractivity contribution >= 4 is 11.6 Å². The van der Waals surface area contributed by atoms with Crippen LogP contribution in [0.2, 0.25) is 5.02 Å². The predicted molar refractivity (Wildman–Crippen MR) is 116 cm³/mol. The molecule has 0 amide bonds. The summed E-state index contributed by atoms with van der Waals surface area (Å²) >= 11 is 6.49. The van der Waals surface area contributed by atoms with Gasteiger partial charge in [0.1, 0.15) is 11.5 Å². The van der Waals surface area contributed by atoms with E-state index in [1.165, 1.54) is 0 Å². The van der Waals surface area contributed by atoms with Crippen LogP contribution in [-0.4, -0.2) is 36.4 Å². The Bertz CT molecular complexity index is 858. The molecule has 3 unspecified atom stereocenters.